The van der Waals surface area contributed by atoms with E-state index in [-0.39, 0.29) is 22.8 Å². The molecule has 0 spiro atoms. The predicted octanol–water partition coefficient (Wildman–Crippen LogP) is 1.55. The number of aromatic nitrogens is 3. The summed E-state index contributed by atoms with van der Waals surface area (Å²) in [5.41, 5.74) is 0.272. The Morgan fingerprint density at radius 1 is 1.24 bits per heavy atom. The summed E-state index contributed by atoms with van der Waals surface area (Å²) in [7, 11) is 0. The Bertz CT molecular complexity index is 900. The van der Waals surface area contributed by atoms with Gasteiger partial charge in [-0.3, -0.25) is 14.6 Å². The number of pyridine rings is 1. The van der Waals surface area contributed by atoms with E-state index >= 15 is 0 Å². The Labute approximate surface area is 167 Å². The molecule has 2 amide bonds. The van der Waals surface area contributed by atoms with Crippen molar-refractivity contribution in [2.75, 3.05) is 18.4 Å². The molecule has 0 aromatic carbocycles. The zero-order chi connectivity index (χ0) is 20.3. The van der Waals surface area contributed by atoms with Crippen LogP contribution in [0, 0.1) is 5.82 Å². The standard InChI is InChI=1S/C20H23FN6O2/c21-13-4-1-10-22-17(13)20(8-3-9-20)12-24-16-7-6-15(26-27-16)19(29)25-14-5-2-11-23-18(14)28/h1,4,6-7,10,14H,2-3,5,8-9,11-12H2,(H,23,28)(H,24,27)(H,25,29). The predicted molar refractivity (Wildman–Crippen MR) is 104 cm³/mol. The second-order valence-electron chi connectivity index (χ2n) is 7.58. The van der Waals surface area contributed by atoms with Crippen LogP contribution in [0.25, 0.3) is 0 Å². The van der Waals surface area contributed by atoms with E-state index in [2.05, 4.69) is 31.1 Å². The third-order valence-corrected chi connectivity index (χ3v) is 5.67. The highest BCUT2D eigenvalue weighted by Gasteiger charge is 2.41. The van der Waals surface area contributed by atoms with Crippen LogP contribution in [0.5, 0.6) is 0 Å². The lowest BCUT2D eigenvalue weighted by molar-refractivity contribution is -0.124. The molecule has 4 rings (SSSR count). The lowest BCUT2D eigenvalue weighted by atomic mass is 9.66. The number of halogens is 1. The number of amides is 2. The van der Waals surface area contributed by atoms with Crippen LogP contribution in [0.1, 0.15) is 48.3 Å². The monoisotopic (exact) mass is 398 g/mol. The van der Waals surface area contributed by atoms with E-state index in [0.717, 1.165) is 25.7 Å². The molecule has 0 radical (unpaired) electrons. The molecule has 1 atom stereocenters. The molecule has 1 aliphatic carbocycles. The number of anilines is 1. The van der Waals surface area contributed by atoms with Crippen LogP contribution in [0.3, 0.4) is 0 Å². The Kier molecular flexibility index (Phi) is 5.37. The van der Waals surface area contributed by atoms with E-state index in [4.69, 9.17) is 0 Å². The van der Waals surface area contributed by atoms with Crippen LogP contribution in [0.2, 0.25) is 0 Å². The van der Waals surface area contributed by atoms with Crippen molar-refractivity contribution in [3.05, 3.63) is 47.7 Å². The van der Waals surface area contributed by atoms with Crippen molar-refractivity contribution in [1.82, 2.24) is 25.8 Å². The molecule has 3 heterocycles. The van der Waals surface area contributed by atoms with Crippen molar-refractivity contribution >= 4 is 17.6 Å². The molecule has 2 aromatic rings. The van der Waals surface area contributed by atoms with Crippen molar-refractivity contribution in [2.45, 2.75) is 43.6 Å². The van der Waals surface area contributed by atoms with Crippen LogP contribution in [0.4, 0.5) is 10.2 Å². The number of carbonyl (C=O) groups is 2. The molecule has 2 fully saturated rings. The average molecular weight is 398 g/mol. The summed E-state index contributed by atoms with van der Waals surface area (Å²) in [6.07, 6.45) is 5.77. The number of carbonyl (C=O) groups excluding carboxylic acids is 2. The third kappa shape index (κ3) is 4.03. The van der Waals surface area contributed by atoms with Crippen LogP contribution in [0.15, 0.2) is 30.5 Å². The van der Waals surface area contributed by atoms with Gasteiger partial charge in [0.15, 0.2) is 5.69 Å². The van der Waals surface area contributed by atoms with Gasteiger partial charge in [0.25, 0.3) is 5.91 Å². The van der Waals surface area contributed by atoms with E-state index in [1.165, 1.54) is 6.07 Å². The van der Waals surface area contributed by atoms with E-state index in [0.29, 0.717) is 31.0 Å². The van der Waals surface area contributed by atoms with Crippen LogP contribution < -0.4 is 16.0 Å². The van der Waals surface area contributed by atoms with E-state index < -0.39 is 11.9 Å². The molecule has 9 heteroatoms. The minimum absolute atomic E-state index is 0.142. The SMILES string of the molecule is O=C(NC1CCCNC1=O)c1ccc(NCC2(c3ncccc3F)CCC2)nn1. The highest BCUT2D eigenvalue weighted by Crippen LogP contribution is 2.43. The first-order chi connectivity index (χ1) is 14.1. The maximum atomic E-state index is 14.2. The second-order valence-corrected chi connectivity index (χ2v) is 7.58. The van der Waals surface area contributed by atoms with Gasteiger partial charge in [-0.1, -0.05) is 6.42 Å². The Morgan fingerprint density at radius 2 is 2.10 bits per heavy atom. The number of nitrogens with one attached hydrogen (secondary N) is 3. The molecule has 152 valence electrons. The Hall–Kier alpha value is -3.10. The molecule has 0 bridgehead atoms. The summed E-state index contributed by atoms with van der Waals surface area (Å²) in [5, 5.41) is 16.6. The summed E-state index contributed by atoms with van der Waals surface area (Å²) in [4.78, 5) is 28.3. The Morgan fingerprint density at radius 3 is 2.76 bits per heavy atom. The molecule has 3 N–H and O–H groups in total. The van der Waals surface area contributed by atoms with Crippen molar-refractivity contribution in [2.24, 2.45) is 0 Å². The van der Waals surface area contributed by atoms with Gasteiger partial charge in [0.05, 0.1) is 5.69 Å². The van der Waals surface area contributed by atoms with E-state index in [1.807, 2.05) is 0 Å². The normalized spacial score (nSPS) is 20.3. The maximum absolute atomic E-state index is 14.2. The number of hydrogen-bond donors (Lipinski definition) is 3. The van der Waals surface area contributed by atoms with Crippen LogP contribution in [-0.4, -0.2) is 46.1 Å². The average Bonchev–Trinajstić information content (AvgIpc) is 2.70. The summed E-state index contributed by atoms with van der Waals surface area (Å²) < 4.78 is 14.2. The van der Waals surface area contributed by atoms with Gasteiger partial charge in [-0.25, -0.2) is 4.39 Å². The lowest BCUT2D eigenvalue weighted by Crippen LogP contribution is -2.50. The molecule has 1 saturated carbocycles. The van der Waals surface area contributed by atoms with Gasteiger partial charge in [0.2, 0.25) is 5.91 Å². The summed E-state index contributed by atoms with van der Waals surface area (Å²) in [6, 6.07) is 5.69. The number of rotatable bonds is 6. The van der Waals surface area contributed by atoms with Gasteiger partial charge in [-0.2, -0.15) is 0 Å². The van der Waals surface area contributed by atoms with Gasteiger partial charge in [-0.05, 0) is 49.9 Å². The van der Waals surface area contributed by atoms with Gasteiger partial charge >= 0.3 is 0 Å². The van der Waals surface area contributed by atoms with Gasteiger partial charge in [0, 0.05) is 24.7 Å². The minimum Gasteiger partial charge on any atom is -0.368 e. The van der Waals surface area contributed by atoms with Crippen molar-refractivity contribution in [3.63, 3.8) is 0 Å². The van der Waals surface area contributed by atoms with Crippen molar-refractivity contribution < 1.29 is 14.0 Å². The quantitative estimate of drug-likeness (QED) is 0.681. The fourth-order valence-corrected chi connectivity index (χ4v) is 3.83. The first kappa shape index (κ1) is 19.2. The molecule has 2 aromatic heterocycles. The number of piperidine rings is 1. The summed E-state index contributed by atoms with van der Waals surface area (Å²) in [5.74, 6) is -0.404. The summed E-state index contributed by atoms with van der Waals surface area (Å²) in [6.45, 7) is 1.12. The van der Waals surface area contributed by atoms with E-state index in [1.54, 1.807) is 24.4 Å². The number of hydrogen-bond acceptors (Lipinski definition) is 6. The summed E-state index contributed by atoms with van der Waals surface area (Å²) >= 11 is 0. The van der Waals surface area contributed by atoms with Crippen LogP contribution in [-0.2, 0) is 10.2 Å². The van der Waals surface area contributed by atoms with Gasteiger partial charge in [0.1, 0.15) is 17.7 Å². The molecule has 2 aliphatic rings. The molecular formula is C20H23FN6O2. The molecule has 29 heavy (non-hydrogen) atoms. The second kappa shape index (κ2) is 8.10. The molecule has 1 saturated heterocycles. The third-order valence-electron chi connectivity index (χ3n) is 5.67. The first-order valence-corrected chi connectivity index (χ1v) is 9.85. The molecule has 8 nitrogen and oxygen atoms in total. The highest BCUT2D eigenvalue weighted by molar-refractivity contribution is 5.96. The molecule has 1 unspecified atom stereocenters. The first-order valence-electron chi connectivity index (χ1n) is 9.85. The smallest absolute Gasteiger partial charge is 0.272 e. The fourth-order valence-electron chi connectivity index (χ4n) is 3.83. The lowest BCUT2D eigenvalue weighted by Gasteiger charge is -2.41. The maximum Gasteiger partial charge on any atom is 0.272 e. The minimum atomic E-state index is -0.539. The zero-order valence-electron chi connectivity index (χ0n) is 15.9. The van der Waals surface area contributed by atoms with Crippen molar-refractivity contribution in [3.8, 4) is 0 Å². The van der Waals surface area contributed by atoms with E-state index in [9.17, 15) is 14.0 Å². The molecule has 1 aliphatic heterocycles. The fraction of sp³-hybridized carbons (Fsp3) is 0.450. The van der Waals surface area contributed by atoms with Gasteiger partial charge < -0.3 is 16.0 Å². The molecular weight excluding hydrogens is 375 g/mol. The highest BCUT2D eigenvalue weighted by atomic mass is 19.1. The van der Waals surface area contributed by atoms with Gasteiger partial charge in [-0.15, -0.1) is 10.2 Å². The number of nitrogens with zero attached hydrogens (tertiary/aromatic N) is 3. The van der Waals surface area contributed by atoms with Crippen molar-refractivity contribution in [1.29, 1.82) is 0 Å². The zero-order valence-corrected chi connectivity index (χ0v) is 15.9. The topological polar surface area (TPSA) is 109 Å². The largest absolute Gasteiger partial charge is 0.368 e. The Balaban J connectivity index is 1.37. The van der Waals surface area contributed by atoms with Crippen LogP contribution >= 0.6 is 0 Å².